The van der Waals surface area contributed by atoms with Crippen LogP contribution in [-0.2, 0) is 14.3 Å². The summed E-state index contributed by atoms with van der Waals surface area (Å²) in [6.45, 7) is 2.13. The van der Waals surface area contributed by atoms with Crippen LogP contribution in [0.15, 0.2) is 18.2 Å². The highest BCUT2D eigenvalue weighted by Crippen LogP contribution is 2.47. The Labute approximate surface area is 161 Å². The fourth-order valence-corrected chi connectivity index (χ4v) is 3.99. The van der Waals surface area contributed by atoms with Gasteiger partial charge in [-0.1, -0.05) is 13.0 Å². The second kappa shape index (κ2) is 7.45. The SMILES string of the molecule is CCCN1C(=O)C2CC(C(=O)OC)C(c3ccc(OC)c([N+](=O)[O-])c3)N2C1=O. The number of nitrogens with zero attached hydrogens (tertiary/aromatic N) is 3. The monoisotopic (exact) mass is 391 g/mol. The van der Waals surface area contributed by atoms with Crippen LogP contribution in [-0.4, -0.2) is 59.4 Å². The first-order chi connectivity index (χ1) is 13.3. The third kappa shape index (κ3) is 2.94. The van der Waals surface area contributed by atoms with Crippen molar-refractivity contribution in [2.75, 3.05) is 20.8 Å². The molecule has 0 aromatic heterocycles. The van der Waals surface area contributed by atoms with E-state index in [2.05, 4.69) is 0 Å². The first-order valence-electron chi connectivity index (χ1n) is 8.89. The Morgan fingerprint density at radius 2 is 2.04 bits per heavy atom. The smallest absolute Gasteiger partial charge is 0.327 e. The third-order valence-electron chi connectivity index (χ3n) is 5.19. The summed E-state index contributed by atoms with van der Waals surface area (Å²) in [4.78, 5) is 51.2. The molecule has 1 aromatic carbocycles. The van der Waals surface area contributed by atoms with E-state index in [9.17, 15) is 24.5 Å². The van der Waals surface area contributed by atoms with Gasteiger partial charge in [-0.25, -0.2) is 4.79 Å². The molecular weight excluding hydrogens is 370 g/mol. The Morgan fingerprint density at radius 3 is 2.61 bits per heavy atom. The van der Waals surface area contributed by atoms with Crippen LogP contribution in [0, 0.1) is 16.0 Å². The second-order valence-electron chi connectivity index (χ2n) is 6.69. The number of hydrogen-bond donors (Lipinski definition) is 0. The number of carbonyl (C=O) groups is 3. The normalized spacial score (nSPS) is 23.8. The molecule has 2 saturated heterocycles. The Hall–Kier alpha value is -3.17. The van der Waals surface area contributed by atoms with Crippen LogP contribution in [0.4, 0.5) is 10.5 Å². The lowest BCUT2D eigenvalue weighted by Crippen LogP contribution is -2.37. The quantitative estimate of drug-likeness (QED) is 0.314. The molecular formula is C18H21N3O7. The molecule has 3 amide bonds. The average molecular weight is 391 g/mol. The van der Waals surface area contributed by atoms with E-state index in [1.165, 1.54) is 36.2 Å². The summed E-state index contributed by atoms with van der Waals surface area (Å²) in [5.41, 5.74) is 0.0975. The van der Waals surface area contributed by atoms with E-state index in [1.807, 2.05) is 6.92 Å². The fraction of sp³-hybridized carbons (Fsp3) is 0.500. The molecule has 0 radical (unpaired) electrons. The largest absolute Gasteiger partial charge is 0.490 e. The zero-order chi connectivity index (χ0) is 20.6. The van der Waals surface area contributed by atoms with Gasteiger partial charge in [-0.3, -0.25) is 24.6 Å². The van der Waals surface area contributed by atoms with Crippen molar-refractivity contribution in [1.82, 2.24) is 9.80 Å². The molecule has 3 rings (SSSR count). The Kier molecular flexibility index (Phi) is 5.21. The van der Waals surface area contributed by atoms with Gasteiger partial charge in [-0.2, -0.15) is 0 Å². The Morgan fingerprint density at radius 1 is 1.32 bits per heavy atom. The molecule has 0 N–H and O–H groups in total. The van der Waals surface area contributed by atoms with E-state index < -0.39 is 34.9 Å². The number of urea groups is 1. The standard InChI is InChI=1S/C18H21N3O7/c1-4-7-19-16(22)13-9-11(17(23)28-3)15(20(13)18(19)24)10-5-6-14(27-2)12(8-10)21(25)26/h5-6,8,11,13,15H,4,7,9H2,1-3H3. The topological polar surface area (TPSA) is 119 Å². The summed E-state index contributed by atoms with van der Waals surface area (Å²) in [6, 6.07) is 2.15. The highest BCUT2D eigenvalue weighted by Gasteiger charge is 2.57. The molecule has 0 bridgehead atoms. The number of nitro benzene ring substituents is 1. The number of imide groups is 1. The minimum absolute atomic E-state index is 0.0642. The molecule has 2 aliphatic heterocycles. The minimum atomic E-state index is -0.833. The Balaban J connectivity index is 2.08. The van der Waals surface area contributed by atoms with Gasteiger partial charge in [0, 0.05) is 12.6 Å². The highest BCUT2D eigenvalue weighted by atomic mass is 16.6. The summed E-state index contributed by atoms with van der Waals surface area (Å²) in [6.07, 6.45) is 0.721. The summed E-state index contributed by atoms with van der Waals surface area (Å²) in [5, 5.41) is 11.4. The highest BCUT2D eigenvalue weighted by molar-refractivity contribution is 6.05. The van der Waals surface area contributed by atoms with Crippen molar-refractivity contribution < 1.29 is 28.8 Å². The van der Waals surface area contributed by atoms with E-state index in [0.29, 0.717) is 12.0 Å². The zero-order valence-corrected chi connectivity index (χ0v) is 15.8. The van der Waals surface area contributed by atoms with Gasteiger partial charge in [0.15, 0.2) is 5.75 Å². The maximum Gasteiger partial charge on any atom is 0.327 e. The van der Waals surface area contributed by atoms with Crippen molar-refractivity contribution in [1.29, 1.82) is 0 Å². The maximum absolute atomic E-state index is 12.9. The van der Waals surface area contributed by atoms with Crippen molar-refractivity contribution in [2.24, 2.45) is 5.92 Å². The molecule has 3 atom stereocenters. The molecule has 3 unspecified atom stereocenters. The van der Waals surface area contributed by atoms with Gasteiger partial charge in [0.1, 0.15) is 6.04 Å². The molecule has 10 nitrogen and oxygen atoms in total. The number of fused-ring (bicyclic) bond motifs is 1. The average Bonchev–Trinajstić information content (AvgIpc) is 3.19. The fourth-order valence-electron chi connectivity index (χ4n) is 3.99. The molecule has 150 valence electrons. The number of nitro groups is 1. The number of rotatable bonds is 6. The number of carbonyl (C=O) groups excluding carboxylic acids is 3. The summed E-state index contributed by atoms with van der Waals surface area (Å²) < 4.78 is 9.88. The number of benzene rings is 1. The van der Waals surface area contributed by atoms with Crippen LogP contribution in [0.3, 0.4) is 0 Å². The van der Waals surface area contributed by atoms with Crippen LogP contribution < -0.4 is 4.74 Å². The lowest BCUT2D eigenvalue weighted by atomic mass is 9.92. The van der Waals surface area contributed by atoms with E-state index in [0.717, 1.165) is 0 Å². The van der Waals surface area contributed by atoms with Gasteiger partial charge in [-0.05, 0) is 24.5 Å². The van der Waals surface area contributed by atoms with Crippen molar-refractivity contribution in [2.45, 2.75) is 31.8 Å². The predicted molar refractivity (Wildman–Crippen MR) is 95.5 cm³/mol. The molecule has 0 saturated carbocycles. The first kappa shape index (κ1) is 19.6. The molecule has 0 aliphatic carbocycles. The second-order valence-corrected chi connectivity index (χ2v) is 6.69. The number of hydrogen-bond acceptors (Lipinski definition) is 7. The van der Waals surface area contributed by atoms with Crippen LogP contribution in [0.1, 0.15) is 31.4 Å². The number of methoxy groups -OCH3 is 2. The van der Waals surface area contributed by atoms with Gasteiger partial charge >= 0.3 is 17.7 Å². The minimum Gasteiger partial charge on any atom is -0.490 e. The molecule has 2 aliphatic rings. The van der Waals surface area contributed by atoms with Gasteiger partial charge in [0.2, 0.25) is 0 Å². The van der Waals surface area contributed by atoms with Gasteiger partial charge in [0.05, 0.1) is 31.1 Å². The lowest BCUT2D eigenvalue weighted by molar-refractivity contribution is -0.385. The molecule has 2 fully saturated rings. The van der Waals surface area contributed by atoms with Crippen molar-refractivity contribution in [3.8, 4) is 5.75 Å². The molecule has 1 aromatic rings. The zero-order valence-electron chi connectivity index (χ0n) is 15.8. The predicted octanol–water partition coefficient (Wildman–Crippen LogP) is 1.88. The number of amides is 3. The van der Waals surface area contributed by atoms with E-state index in [-0.39, 0.29) is 30.3 Å². The van der Waals surface area contributed by atoms with Crippen LogP contribution in [0.2, 0.25) is 0 Å². The van der Waals surface area contributed by atoms with Crippen molar-refractivity contribution in [3.63, 3.8) is 0 Å². The molecule has 2 heterocycles. The van der Waals surface area contributed by atoms with Crippen LogP contribution >= 0.6 is 0 Å². The van der Waals surface area contributed by atoms with Gasteiger partial charge in [0.25, 0.3) is 5.91 Å². The van der Waals surface area contributed by atoms with E-state index >= 15 is 0 Å². The van der Waals surface area contributed by atoms with Crippen molar-refractivity contribution in [3.05, 3.63) is 33.9 Å². The van der Waals surface area contributed by atoms with Gasteiger partial charge < -0.3 is 14.4 Å². The van der Waals surface area contributed by atoms with E-state index in [4.69, 9.17) is 9.47 Å². The summed E-state index contributed by atoms with van der Waals surface area (Å²) in [7, 11) is 2.54. The van der Waals surface area contributed by atoms with Crippen LogP contribution in [0.25, 0.3) is 0 Å². The Bertz CT molecular complexity index is 840. The molecule has 28 heavy (non-hydrogen) atoms. The summed E-state index contributed by atoms with van der Waals surface area (Å²) in [5.74, 6) is -1.65. The van der Waals surface area contributed by atoms with E-state index in [1.54, 1.807) is 6.07 Å². The third-order valence-corrected chi connectivity index (χ3v) is 5.19. The molecule has 0 spiro atoms. The lowest BCUT2D eigenvalue weighted by Gasteiger charge is -2.27. The first-order valence-corrected chi connectivity index (χ1v) is 8.89. The van der Waals surface area contributed by atoms with Crippen LogP contribution in [0.5, 0.6) is 5.75 Å². The number of esters is 1. The summed E-state index contributed by atoms with van der Waals surface area (Å²) >= 11 is 0. The van der Waals surface area contributed by atoms with Crippen molar-refractivity contribution >= 4 is 23.6 Å². The van der Waals surface area contributed by atoms with Gasteiger partial charge in [-0.15, -0.1) is 0 Å². The molecule has 10 heteroatoms. The maximum atomic E-state index is 12.9. The number of ether oxygens (including phenoxy) is 2.